The fraction of sp³-hybridized carbons (Fsp3) is 0.471. The van der Waals surface area contributed by atoms with E-state index in [4.69, 9.17) is 0 Å². The van der Waals surface area contributed by atoms with Crippen LogP contribution in [-0.4, -0.2) is 40.8 Å². The summed E-state index contributed by atoms with van der Waals surface area (Å²) < 4.78 is 0. The van der Waals surface area contributed by atoms with Crippen LogP contribution >= 0.6 is 11.8 Å². The monoisotopic (exact) mass is 337 g/mol. The number of amides is 1. The quantitative estimate of drug-likeness (QED) is 0.534. The van der Waals surface area contributed by atoms with Gasteiger partial charge in [-0.3, -0.25) is 9.59 Å². The van der Waals surface area contributed by atoms with E-state index in [0.717, 1.165) is 5.56 Å². The Morgan fingerprint density at radius 3 is 2.43 bits per heavy atom. The SMILES string of the molecule is CCC(C(=O)NC(CCSC)C(=O)O)C(=O)c1ccccc1C. The molecule has 0 spiro atoms. The summed E-state index contributed by atoms with van der Waals surface area (Å²) in [6.07, 6.45) is 2.53. The Hall–Kier alpha value is -1.82. The van der Waals surface area contributed by atoms with Crippen LogP contribution in [-0.2, 0) is 9.59 Å². The summed E-state index contributed by atoms with van der Waals surface area (Å²) in [6.45, 7) is 3.56. The number of ketones is 1. The Kier molecular flexibility index (Phi) is 7.81. The predicted octanol–water partition coefficient (Wildman–Crippen LogP) is 2.53. The van der Waals surface area contributed by atoms with Crippen LogP contribution in [0.15, 0.2) is 24.3 Å². The van der Waals surface area contributed by atoms with Crippen molar-refractivity contribution in [2.24, 2.45) is 5.92 Å². The molecule has 2 unspecified atom stereocenters. The van der Waals surface area contributed by atoms with Gasteiger partial charge in [-0.15, -0.1) is 0 Å². The van der Waals surface area contributed by atoms with Crippen molar-refractivity contribution in [1.82, 2.24) is 5.32 Å². The van der Waals surface area contributed by atoms with Gasteiger partial charge in [0.05, 0.1) is 0 Å². The highest BCUT2D eigenvalue weighted by Gasteiger charge is 2.30. The van der Waals surface area contributed by atoms with Gasteiger partial charge in [0.1, 0.15) is 12.0 Å². The van der Waals surface area contributed by atoms with E-state index in [-0.39, 0.29) is 5.78 Å². The smallest absolute Gasteiger partial charge is 0.326 e. The summed E-state index contributed by atoms with van der Waals surface area (Å²) in [7, 11) is 0. The Labute approximate surface area is 140 Å². The van der Waals surface area contributed by atoms with Crippen LogP contribution in [0, 0.1) is 12.8 Å². The molecule has 1 rings (SSSR count). The summed E-state index contributed by atoms with van der Waals surface area (Å²) >= 11 is 1.51. The highest BCUT2D eigenvalue weighted by atomic mass is 32.2. The van der Waals surface area contributed by atoms with Crippen molar-refractivity contribution >= 4 is 29.4 Å². The van der Waals surface area contributed by atoms with E-state index in [2.05, 4.69) is 5.32 Å². The van der Waals surface area contributed by atoms with Gasteiger partial charge in [-0.25, -0.2) is 4.79 Å². The van der Waals surface area contributed by atoms with Crippen LogP contribution in [0.3, 0.4) is 0 Å². The molecule has 2 atom stereocenters. The molecule has 0 bridgehead atoms. The molecule has 0 fully saturated rings. The molecule has 0 heterocycles. The third-order valence-corrected chi connectivity index (χ3v) is 4.32. The van der Waals surface area contributed by atoms with E-state index in [9.17, 15) is 19.5 Å². The van der Waals surface area contributed by atoms with E-state index >= 15 is 0 Å². The van der Waals surface area contributed by atoms with Crippen molar-refractivity contribution in [3.05, 3.63) is 35.4 Å². The van der Waals surface area contributed by atoms with Gasteiger partial charge < -0.3 is 10.4 Å². The zero-order valence-corrected chi connectivity index (χ0v) is 14.5. The minimum atomic E-state index is -1.08. The molecule has 1 aromatic rings. The molecule has 0 saturated heterocycles. The molecule has 126 valence electrons. The fourth-order valence-corrected chi connectivity index (χ4v) is 2.76. The first kappa shape index (κ1) is 19.2. The summed E-state index contributed by atoms with van der Waals surface area (Å²) in [6, 6.07) is 6.12. The Balaban J connectivity index is 2.87. The molecule has 0 aromatic heterocycles. The standard InChI is InChI=1S/C17H23NO4S/c1-4-12(15(19)13-8-6-5-7-11(13)2)16(20)18-14(17(21)22)9-10-23-3/h5-8,12,14H,4,9-10H2,1-3H3,(H,18,20)(H,21,22). The molecule has 1 amide bonds. The molecule has 5 nitrogen and oxygen atoms in total. The highest BCUT2D eigenvalue weighted by Crippen LogP contribution is 2.17. The second-order valence-electron chi connectivity index (χ2n) is 5.32. The normalized spacial score (nSPS) is 13.2. The molecule has 1 aromatic carbocycles. The van der Waals surface area contributed by atoms with Crippen molar-refractivity contribution in [3.8, 4) is 0 Å². The number of carbonyl (C=O) groups is 3. The first-order valence-electron chi connectivity index (χ1n) is 7.54. The molecule has 0 aliphatic carbocycles. The molecule has 0 aliphatic heterocycles. The predicted molar refractivity (Wildman–Crippen MR) is 91.9 cm³/mol. The first-order chi connectivity index (χ1) is 10.9. The second-order valence-corrected chi connectivity index (χ2v) is 6.31. The third kappa shape index (κ3) is 5.39. The fourth-order valence-electron chi connectivity index (χ4n) is 2.29. The average molecular weight is 337 g/mol. The Morgan fingerprint density at radius 2 is 1.91 bits per heavy atom. The topological polar surface area (TPSA) is 83.5 Å². The van der Waals surface area contributed by atoms with Crippen molar-refractivity contribution < 1.29 is 19.5 Å². The molecule has 6 heteroatoms. The lowest BCUT2D eigenvalue weighted by Gasteiger charge is -2.19. The van der Waals surface area contributed by atoms with Crippen molar-refractivity contribution in [3.63, 3.8) is 0 Å². The molecule has 2 N–H and O–H groups in total. The number of nitrogens with one attached hydrogen (secondary N) is 1. The van der Waals surface area contributed by atoms with Gasteiger partial charge in [0.15, 0.2) is 5.78 Å². The minimum Gasteiger partial charge on any atom is -0.480 e. The minimum absolute atomic E-state index is 0.267. The van der Waals surface area contributed by atoms with Gasteiger partial charge in [-0.05, 0) is 37.3 Å². The number of carboxylic acids is 1. The van der Waals surface area contributed by atoms with Crippen molar-refractivity contribution in [2.45, 2.75) is 32.7 Å². The molecular formula is C17H23NO4S. The molecule has 0 saturated carbocycles. The largest absolute Gasteiger partial charge is 0.480 e. The maximum atomic E-state index is 12.6. The van der Waals surface area contributed by atoms with Crippen LogP contribution in [0.4, 0.5) is 0 Å². The van der Waals surface area contributed by atoms with Crippen molar-refractivity contribution in [2.75, 3.05) is 12.0 Å². The number of carboxylic acid groups (broad SMARTS) is 1. The van der Waals surface area contributed by atoms with Crippen LogP contribution in [0.25, 0.3) is 0 Å². The molecular weight excluding hydrogens is 314 g/mol. The van der Waals surface area contributed by atoms with Crippen molar-refractivity contribution in [1.29, 1.82) is 0 Å². The summed E-state index contributed by atoms with van der Waals surface area (Å²) in [5, 5.41) is 11.7. The Morgan fingerprint density at radius 1 is 1.26 bits per heavy atom. The van der Waals surface area contributed by atoms with E-state index in [1.165, 1.54) is 11.8 Å². The van der Waals surface area contributed by atoms with Gasteiger partial charge in [-0.1, -0.05) is 31.2 Å². The number of aryl methyl sites for hydroxylation is 1. The third-order valence-electron chi connectivity index (χ3n) is 3.68. The van der Waals surface area contributed by atoms with Gasteiger partial charge in [0.25, 0.3) is 0 Å². The average Bonchev–Trinajstić information content (AvgIpc) is 2.52. The summed E-state index contributed by atoms with van der Waals surface area (Å²) in [5.41, 5.74) is 1.31. The number of benzene rings is 1. The zero-order valence-electron chi connectivity index (χ0n) is 13.7. The van der Waals surface area contributed by atoms with E-state index < -0.39 is 23.8 Å². The number of hydrogen-bond donors (Lipinski definition) is 2. The van der Waals surface area contributed by atoms with Gasteiger partial charge in [0, 0.05) is 5.56 Å². The molecule has 0 aliphatic rings. The maximum Gasteiger partial charge on any atom is 0.326 e. The second kappa shape index (κ2) is 9.35. The lowest BCUT2D eigenvalue weighted by Crippen LogP contribution is -2.45. The maximum absolute atomic E-state index is 12.6. The lowest BCUT2D eigenvalue weighted by atomic mass is 9.91. The molecule has 23 heavy (non-hydrogen) atoms. The van der Waals surface area contributed by atoms with Gasteiger partial charge >= 0.3 is 5.97 Å². The van der Waals surface area contributed by atoms with Crippen LogP contribution in [0.2, 0.25) is 0 Å². The summed E-state index contributed by atoms with van der Waals surface area (Å²) in [5.74, 6) is -2.11. The number of hydrogen-bond acceptors (Lipinski definition) is 4. The van der Waals surface area contributed by atoms with E-state index in [0.29, 0.717) is 24.2 Å². The van der Waals surface area contributed by atoms with Crippen LogP contribution < -0.4 is 5.32 Å². The van der Waals surface area contributed by atoms with Crippen LogP contribution in [0.1, 0.15) is 35.7 Å². The number of thioether (sulfide) groups is 1. The Bertz CT molecular complexity index is 573. The number of rotatable bonds is 9. The van der Waals surface area contributed by atoms with Crippen LogP contribution in [0.5, 0.6) is 0 Å². The van der Waals surface area contributed by atoms with E-state index in [1.54, 1.807) is 19.1 Å². The van der Waals surface area contributed by atoms with E-state index in [1.807, 2.05) is 25.3 Å². The first-order valence-corrected chi connectivity index (χ1v) is 8.93. The number of carbonyl (C=O) groups excluding carboxylic acids is 2. The molecule has 0 radical (unpaired) electrons. The highest BCUT2D eigenvalue weighted by molar-refractivity contribution is 7.98. The lowest BCUT2D eigenvalue weighted by molar-refractivity contribution is -0.142. The number of Topliss-reactive ketones (excluding diaryl/α,β-unsaturated/α-hetero) is 1. The van der Waals surface area contributed by atoms with Gasteiger partial charge in [-0.2, -0.15) is 11.8 Å². The number of aliphatic carboxylic acids is 1. The zero-order chi connectivity index (χ0) is 17.4. The van der Waals surface area contributed by atoms with Gasteiger partial charge in [0.2, 0.25) is 5.91 Å². The summed E-state index contributed by atoms with van der Waals surface area (Å²) in [4.78, 5) is 36.2.